The van der Waals surface area contributed by atoms with E-state index in [1.54, 1.807) is 0 Å². The maximum absolute atomic E-state index is 10.5. The minimum atomic E-state index is -0.989. The third-order valence-corrected chi connectivity index (χ3v) is 1.38. The third kappa shape index (κ3) is 4.71. The fourth-order valence-electron chi connectivity index (χ4n) is 0.912. The topological polar surface area (TPSA) is 66.4 Å². The second kappa shape index (κ2) is 4.09. The van der Waals surface area contributed by atoms with Crippen molar-refractivity contribution < 1.29 is 14.7 Å². The van der Waals surface area contributed by atoms with Crippen LogP contribution < -0.4 is 5.32 Å². The lowest BCUT2D eigenvalue weighted by molar-refractivity contribution is -0.141. The first kappa shape index (κ1) is 10.9. The van der Waals surface area contributed by atoms with Gasteiger partial charge in [-0.05, 0) is 11.8 Å². The number of carboxylic acids is 1. The number of carbonyl (C=O) groups excluding carboxylic acids is 1. The summed E-state index contributed by atoms with van der Waals surface area (Å²) in [6.45, 7) is 5.78. The monoisotopic (exact) mass is 173 g/mol. The second-order valence-corrected chi connectivity index (χ2v) is 3.94. The molecule has 0 aliphatic heterocycles. The quantitative estimate of drug-likeness (QED) is 0.612. The molecule has 1 amide bonds. The highest BCUT2D eigenvalue weighted by molar-refractivity contribution is 5.76. The van der Waals surface area contributed by atoms with Crippen LogP contribution in [0.4, 0.5) is 0 Å². The van der Waals surface area contributed by atoms with Gasteiger partial charge < -0.3 is 10.4 Å². The number of hydrogen-bond donors (Lipinski definition) is 2. The molecule has 1 unspecified atom stereocenters. The van der Waals surface area contributed by atoms with E-state index in [0.717, 1.165) is 0 Å². The van der Waals surface area contributed by atoms with Crippen molar-refractivity contribution in [1.29, 1.82) is 0 Å². The summed E-state index contributed by atoms with van der Waals surface area (Å²) >= 11 is 0. The zero-order chi connectivity index (χ0) is 9.78. The van der Waals surface area contributed by atoms with E-state index < -0.39 is 12.0 Å². The van der Waals surface area contributed by atoms with Gasteiger partial charge in [-0.25, -0.2) is 4.79 Å². The smallest absolute Gasteiger partial charge is 0.326 e. The molecule has 4 nitrogen and oxygen atoms in total. The standard InChI is InChI=1S/C8H15NO3/c1-8(2,3)4-6(7(11)12)9-5-10/h5-6H,4H2,1-3H3,(H,9,10)(H,11,12). The summed E-state index contributed by atoms with van der Waals surface area (Å²) in [6, 6.07) is -0.775. The molecule has 0 aliphatic carbocycles. The minimum absolute atomic E-state index is 0.0981. The number of amides is 1. The van der Waals surface area contributed by atoms with Gasteiger partial charge in [-0.15, -0.1) is 0 Å². The molecule has 70 valence electrons. The van der Waals surface area contributed by atoms with Gasteiger partial charge >= 0.3 is 5.97 Å². The van der Waals surface area contributed by atoms with Crippen LogP contribution in [0.3, 0.4) is 0 Å². The first-order chi connectivity index (χ1) is 5.37. The van der Waals surface area contributed by atoms with Crippen LogP contribution in [0.5, 0.6) is 0 Å². The third-order valence-electron chi connectivity index (χ3n) is 1.38. The zero-order valence-electron chi connectivity index (χ0n) is 7.63. The van der Waals surface area contributed by atoms with E-state index in [4.69, 9.17) is 5.11 Å². The van der Waals surface area contributed by atoms with Crippen LogP contribution in [0.1, 0.15) is 27.2 Å². The molecule has 0 aromatic heterocycles. The highest BCUT2D eigenvalue weighted by atomic mass is 16.4. The van der Waals surface area contributed by atoms with Gasteiger partial charge in [0, 0.05) is 0 Å². The number of carboxylic acid groups (broad SMARTS) is 1. The van der Waals surface area contributed by atoms with Crippen LogP contribution >= 0.6 is 0 Å². The first-order valence-electron chi connectivity index (χ1n) is 3.79. The van der Waals surface area contributed by atoms with Gasteiger partial charge in [-0.2, -0.15) is 0 Å². The molecule has 0 saturated carbocycles. The second-order valence-electron chi connectivity index (χ2n) is 3.94. The number of aliphatic carboxylic acids is 1. The first-order valence-corrected chi connectivity index (χ1v) is 3.79. The Morgan fingerprint density at radius 1 is 1.58 bits per heavy atom. The van der Waals surface area contributed by atoms with E-state index >= 15 is 0 Å². The summed E-state index contributed by atoms with van der Waals surface area (Å²) in [5, 5.41) is 10.9. The van der Waals surface area contributed by atoms with Crippen molar-refractivity contribution in [1.82, 2.24) is 5.32 Å². The van der Waals surface area contributed by atoms with E-state index in [0.29, 0.717) is 12.8 Å². The van der Waals surface area contributed by atoms with Crippen LogP contribution in [-0.4, -0.2) is 23.5 Å². The van der Waals surface area contributed by atoms with Crippen molar-refractivity contribution in [3.05, 3.63) is 0 Å². The lowest BCUT2D eigenvalue weighted by atomic mass is 9.88. The summed E-state index contributed by atoms with van der Waals surface area (Å²) in [4.78, 5) is 20.6. The van der Waals surface area contributed by atoms with Gasteiger partial charge in [0.2, 0.25) is 6.41 Å². The van der Waals surface area contributed by atoms with Gasteiger partial charge in [-0.1, -0.05) is 20.8 Å². The lowest BCUT2D eigenvalue weighted by Crippen LogP contribution is -2.38. The lowest BCUT2D eigenvalue weighted by Gasteiger charge is -2.22. The molecule has 0 saturated heterocycles. The molecule has 0 rings (SSSR count). The summed E-state index contributed by atoms with van der Waals surface area (Å²) in [5.41, 5.74) is -0.0981. The number of carbonyl (C=O) groups is 2. The average molecular weight is 173 g/mol. The number of rotatable bonds is 4. The highest BCUT2D eigenvalue weighted by Crippen LogP contribution is 2.20. The molecule has 0 aliphatic rings. The van der Waals surface area contributed by atoms with Crippen molar-refractivity contribution in [3.63, 3.8) is 0 Å². The van der Waals surface area contributed by atoms with E-state index in [1.165, 1.54) is 0 Å². The molecule has 2 N–H and O–H groups in total. The van der Waals surface area contributed by atoms with Crippen molar-refractivity contribution in [2.24, 2.45) is 5.41 Å². The normalized spacial score (nSPS) is 13.6. The fraction of sp³-hybridized carbons (Fsp3) is 0.750. The van der Waals surface area contributed by atoms with Gasteiger partial charge in [-0.3, -0.25) is 4.79 Å². The SMILES string of the molecule is CC(C)(C)CC(NC=O)C(=O)O. The van der Waals surface area contributed by atoms with E-state index in [-0.39, 0.29) is 5.41 Å². The molecular formula is C8H15NO3. The van der Waals surface area contributed by atoms with Crippen LogP contribution in [0, 0.1) is 5.41 Å². The maximum atomic E-state index is 10.5. The largest absolute Gasteiger partial charge is 0.480 e. The molecule has 0 fully saturated rings. The number of nitrogens with one attached hydrogen (secondary N) is 1. The summed E-state index contributed by atoms with van der Waals surface area (Å²) in [7, 11) is 0. The van der Waals surface area contributed by atoms with E-state index in [1.807, 2.05) is 20.8 Å². The van der Waals surface area contributed by atoms with Crippen molar-refractivity contribution in [3.8, 4) is 0 Å². The maximum Gasteiger partial charge on any atom is 0.326 e. The van der Waals surface area contributed by atoms with Gasteiger partial charge in [0.05, 0.1) is 0 Å². The summed E-state index contributed by atoms with van der Waals surface area (Å²) in [5.74, 6) is -0.989. The predicted octanol–water partition coefficient (Wildman–Crippen LogP) is 0.622. The molecule has 0 radical (unpaired) electrons. The minimum Gasteiger partial charge on any atom is -0.480 e. The molecule has 1 atom stereocenters. The molecular weight excluding hydrogens is 158 g/mol. The van der Waals surface area contributed by atoms with Crippen molar-refractivity contribution in [2.75, 3.05) is 0 Å². The van der Waals surface area contributed by atoms with Crippen LogP contribution in [0.2, 0.25) is 0 Å². The molecule has 0 aromatic carbocycles. The molecule has 4 heteroatoms. The Morgan fingerprint density at radius 2 is 2.08 bits per heavy atom. The Bertz CT molecular complexity index is 172. The van der Waals surface area contributed by atoms with E-state index in [9.17, 15) is 9.59 Å². The Morgan fingerprint density at radius 3 is 2.33 bits per heavy atom. The fourth-order valence-corrected chi connectivity index (χ4v) is 0.912. The molecule has 0 aromatic rings. The Balaban J connectivity index is 4.13. The van der Waals surface area contributed by atoms with Gasteiger partial charge in [0.15, 0.2) is 0 Å². The van der Waals surface area contributed by atoms with Gasteiger partial charge in [0.1, 0.15) is 6.04 Å². The molecule has 0 heterocycles. The predicted molar refractivity (Wildman–Crippen MR) is 44.7 cm³/mol. The van der Waals surface area contributed by atoms with Gasteiger partial charge in [0.25, 0.3) is 0 Å². The Hall–Kier alpha value is -1.06. The summed E-state index contributed by atoms with van der Waals surface area (Å²) in [6.07, 6.45) is 0.853. The zero-order valence-corrected chi connectivity index (χ0v) is 7.63. The molecule has 0 spiro atoms. The Kier molecular flexibility index (Phi) is 3.73. The van der Waals surface area contributed by atoms with Crippen molar-refractivity contribution >= 4 is 12.4 Å². The number of hydrogen-bond acceptors (Lipinski definition) is 2. The van der Waals surface area contributed by atoms with Crippen LogP contribution in [0.25, 0.3) is 0 Å². The van der Waals surface area contributed by atoms with E-state index in [2.05, 4.69) is 5.32 Å². The van der Waals surface area contributed by atoms with Crippen LogP contribution in [0.15, 0.2) is 0 Å². The Labute approximate surface area is 72.0 Å². The average Bonchev–Trinajstić information content (AvgIpc) is 1.83. The van der Waals surface area contributed by atoms with Crippen LogP contribution in [-0.2, 0) is 9.59 Å². The molecule has 12 heavy (non-hydrogen) atoms. The van der Waals surface area contributed by atoms with Crippen molar-refractivity contribution in [2.45, 2.75) is 33.2 Å². The molecule has 0 bridgehead atoms. The summed E-state index contributed by atoms with van der Waals surface area (Å²) < 4.78 is 0. The highest BCUT2D eigenvalue weighted by Gasteiger charge is 2.23.